The van der Waals surface area contributed by atoms with Crippen molar-refractivity contribution in [2.24, 2.45) is 0 Å². The molecule has 1 fully saturated rings. The minimum absolute atomic E-state index is 0.115. The van der Waals surface area contributed by atoms with E-state index in [2.05, 4.69) is 22.0 Å². The van der Waals surface area contributed by atoms with Crippen LogP contribution in [0.25, 0.3) is 0 Å². The normalized spacial score (nSPS) is 15.2. The van der Waals surface area contributed by atoms with E-state index in [1.54, 1.807) is 39.0 Å². The third kappa shape index (κ3) is 5.69. The van der Waals surface area contributed by atoms with Crippen LogP contribution in [0.4, 0.5) is 11.4 Å². The summed E-state index contributed by atoms with van der Waals surface area (Å²) in [5.41, 5.74) is 2.55. The van der Waals surface area contributed by atoms with Gasteiger partial charge in [0.15, 0.2) is 0 Å². The molecule has 0 spiro atoms. The van der Waals surface area contributed by atoms with Gasteiger partial charge in [0.2, 0.25) is 10.0 Å². The second-order valence-electron chi connectivity index (χ2n) is 8.10. The molecule has 0 radical (unpaired) electrons. The standard InChI is InChI=1S/C24H33ClN4O3S/c1-5-27-12-14-28(15-13-27)23-11-9-19(25)16-22(23)26-24(30)21-17-20(10-8-18(21)4)33(31,32)29(6-2)7-3/h8-11,16-17H,5-7,12-15H2,1-4H3,(H,26,30). The van der Waals surface area contributed by atoms with Gasteiger partial charge >= 0.3 is 0 Å². The summed E-state index contributed by atoms with van der Waals surface area (Å²) in [6.45, 7) is 12.9. The van der Waals surface area contributed by atoms with Crippen LogP contribution in [0, 0.1) is 6.92 Å². The average molecular weight is 493 g/mol. The van der Waals surface area contributed by atoms with Crippen LogP contribution in [-0.2, 0) is 10.0 Å². The van der Waals surface area contributed by atoms with Crippen molar-refractivity contribution >= 4 is 38.9 Å². The van der Waals surface area contributed by atoms with E-state index in [0.29, 0.717) is 34.9 Å². The second-order valence-corrected chi connectivity index (χ2v) is 10.5. The fourth-order valence-corrected chi connectivity index (χ4v) is 5.75. The number of anilines is 2. The number of piperazine rings is 1. The molecule has 0 unspecified atom stereocenters. The molecule has 0 saturated carbocycles. The predicted molar refractivity (Wildman–Crippen MR) is 135 cm³/mol. The highest BCUT2D eigenvalue weighted by atomic mass is 35.5. The Labute approximate surface area is 202 Å². The highest BCUT2D eigenvalue weighted by Gasteiger charge is 2.24. The molecule has 1 aliphatic heterocycles. The van der Waals surface area contributed by atoms with Crippen molar-refractivity contribution in [1.29, 1.82) is 0 Å². The minimum Gasteiger partial charge on any atom is -0.367 e. The maximum Gasteiger partial charge on any atom is 0.256 e. The molecule has 3 rings (SSSR count). The van der Waals surface area contributed by atoms with Crippen molar-refractivity contribution in [3.8, 4) is 0 Å². The minimum atomic E-state index is -3.67. The number of amides is 1. The SMILES string of the molecule is CCN1CCN(c2ccc(Cl)cc2NC(=O)c2cc(S(=O)(=O)N(CC)CC)ccc2C)CC1. The van der Waals surface area contributed by atoms with Gasteiger partial charge in [-0.1, -0.05) is 38.4 Å². The van der Waals surface area contributed by atoms with Crippen LogP contribution in [0.5, 0.6) is 0 Å². The maximum atomic E-state index is 13.3. The van der Waals surface area contributed by atoms with Crippen LogP contribution in [0.2, 0.25) is 5.02 Å². The molecular weight excluding hydrogens is 460 g/mol. The van der Waals surface area contributed by atoms with E-state index in [9.17, 15) is 13.2 Å². The number of hydrogen-bond donors (Lipinski definition) is 1. The van der Waals surface area contributed by atoms with Gasteiger partial charge in [-0.3, -0.25) is 4.79 Å². The highest BCUT2D eigenvalue weighted by molar-refractivity contribution is 7.89. The summed E-state index contributed by atoms with van der Waals surface area (Å²) in [6.07, 6.45) is 0. The van der Waals surface area contributed by atoms with E-state index in [4.69, 9.17) is 11.6 Å². The summed E-state index contributed by atoms with van der Waals surface area (Å²) in [6, 6.07) is 10.2. The Morgan fingerprint density at radius 3 is 2.30 bits per heavy atom. The molecule has 1 aliphatic rings. The number of rotatable bonds is 8. The molecule has 0 aliphatic carbocycles. The molecule has 1 heterocycles. The van der Waals surface area contributed by atoms with Crippen molar-refractivity contribution in [1.82, 2.24) is 9.21 Å². The number of carbonyl (C=O) groups is 1. The summed E-state index contributed by atoms with van der Waals surface area (Å²) >= 11 is 6.25. The molecule has 0 bridgehead atoms. The zero-order valence-electron chi connectivity index (χ0n) is 19.8. The fourth-order valence-electron chi connectivity index (χ4n) is 4.10. The van der Waals surface area contributed by atoms with Gasteiger partial charge in [-0.05, 0) is 49.4 Å². The Morgan fingerprint density at radius 1 is 1.03 bits per heavy atom. The summed E-state index contributed by atoms with van der Waals surface area (Å²) < 4.78 is 27.3. The number of likely N-dealkylation sites (N-methyl/N-ethyl adjacent to an activating group) is 1. The molecule has 2 aromatic rings. The van der Waals surface area contributed by atoms with E-state index in [1.807, 2.05) is 12.1 Å². The first-order chi connectivity index (χ1) is 15.7. The number of halogens is 1. The molecule has 33 heavy (non-hydrogen) atoms. The lowest BCUT2D eigenvalue weighted by Crippen LogP contribution is -2.46. The number of carbonyl (C=O) groups excluding carboxylic acids is 1. The topological polar surface area (TPSA) is 73.0 Å². The Morgan fingerprint density at radius 2 is 1.70 bits per heavy atom. The first-order valence-corrected chi connectivity index (χ1v) is 13.2. The van der Waals surface area contributed by atoms with Gasteiger partial charge in [-0.15, -0.1) is 0 Å². The molecule has 7 nitrogen and oxygen atoms in total. The van der Waals surface area contributed by atoms with Gasteiger partial charge in [0.1, 0.15) is 0 Å². The Balaban J connectivity index is 1.90. The van der Waals surface area contributed by atoms with Crippen molar-refractivity contribution in [2.45, 2.75) is 32.6 Å². The molecule has 180 valence electrons. The number of aryl methyl sites for hydroxylation is 1. The van der Waals surface area contributed by atoms with Gasteiger partial charge in [-0.25, -0.2) is 8.42 Å². The molecule has 9 heteroatoms. The Hall–Kier alpha value is -2.13. The molecule has 0 atom stereocenters. The van der Waals surface area contributed by atoms with Gasteiger partial charge in [-0.2, -0.15) is 4.31 Å². The Kier molecular flexibility index (Phi) is 8.39. The first-order valence-electron chi connectivity index (χ1n) is 11.4. The second kappa shape index (κ2) is 10.9. The van der Waals surface area contributed by atoms with Gasteiger partial charge < -0.3 is 15.1 Å². The van der Waals surface area contributed by atoms with Crippen LogP contribution >= 0.6 is 11.6 Å². The summed E-state index contributed by atoms with van der Waals surface area (Å²) in [7, 11) is -3.67. The van der Waals surface area contributed by atoms with E-state index in [1.165, 1.54) is 10.4 Å². The lowest BCUT2D eigenvalue weighted by molar-refractivity contribution is 0.102. The Bertz CT molecular complexity index is 1090. The maximum absolute atomic E-state index is 13.3. The number of nitrogens with one attached hydrogen (secondary N) is 1. The number of benzene rings is 2. The van der Waals surface area contributed by atoms with Crippen molar-refractivity contribution in [3.05, 3.63) is 52.5 Å². The first kappa shape index (κ1) is 25.5. The van der Waals surface area contributed by atoms with E-state index in [-0.39, 0.29) is 10.8 Å². The van der Waals surface area contributed by atoms with E-state index in [0.717, 1.165) is 38.4 Å². The third-order valence-electron chi connectivity index (χ3n) is 6.16. The van der Waals surface area contributed by atoms with Gasteiger partial charge in [0.05, 0.1) is 16.3 Å². The largest absolute Gasteiger partial charge is 0.367 e. The number of hydrogen-bond acceptors (Lipinski definition) is 5. The lowest BCUT2D eigenvalue weighted by Gasteiger charge is -2.36. The lowest BCUT2D eigenvalue weighted by atomic mass is 10.1. The zero-order chi connectivity index (χ0) is 24.2. The third-order valence-corrected chi connectivity index (χ3v) is 8.44. The van der Waals surface area contributed by atoms with Gasteiger partial charge in [0.25, 0.3) is 5.91 Å². The number of sulfonamides is 1. The summed E-state index contributed by atoms with van der Waals surface area (Å²) in [4.78, 5) is 18.0. The van der Waals surface area contributed by atoms with Crippen LogP contribution in [0.1, 0.15) is 36.7 Å². The average Bonchev–Trinajstić information content (AvgIpc) is 2.80. The zero-order valence-corrected chi connectivity index (χ0v) is 21.3. The molecule has 0 aromatic heterocycles. The fraction of sp³-hybridized carbons (Fsp3) is 0.458. The molecule has 1 N–H and O–H groups in total. The van der Waals surface area contributed by atoms with Crippen molar-refractivity contribution < 1.29 is 13.2 Å². The molecule has 1 saturated heterocycles. The molecule has 1 amide bonds. The molecular formula is C24H33ClN4O3S. The highest BCUT2D eigenvalue weighted by Crippen LogP contribution is 2.31. The summed E-state index contributed by atoms with van der Waals surface area (Å²) in [5.74, 6) is -0.361. The van der Waals surface area contributed by atoms with E-state index >= 15 is 0 Å². The van der Waals surface area contributed by atoms with Crippen LogP contribution in [0.15, 0.2) is 41.3 Å². The van der Waals surface area contributed by atoms with Crippen LogP contribution < -0.4 is 10.2 Å². The predicted octanol–water partition coefficient (Wildman–Crippen LogP) is 4.07. The smallest absolute Gasteiger partial charge is 0.256 e. The quantitative estimate of drug-likeness (QED) is 0.601. The van der Waals surface area contributed by atoms with Gasteiger partial charge in [0, 0.05) is 49.9 Å². The van der Waals surface area contributed by atoms with E-state index < -0.39 is 10.0 Å². The monoisotopic (exact) mass is 492 g/mol. The van der Waals surface area contributed by atoms with Crippen LogP contribution in [-0.4, -0.2) is 69.3 Å². The number of nitrogens with zero attached hydrogens (tertiary/aromatic N) is 3. The van der Waals surface area contributed by atoms with Crippen LogP contribution in [0.3, 0.4) is 0 Å². The van der Waals surface area contributed by atoms with Crippen molar-refractivity contribution in [2.75, 3.05) is 56.0 Å². The van der Waals surface area contributed by atoms with Crippen molar-refractivity contribution in [3.63, 3.8) is 0 Å². The summed E-state index contributed by atoms with van der Waals surface area (Å²) in [5, 5.41) is 3.50. The molecule has 2 aromatic carbocycles.